The van der Waals surface area contributed by atoms with Crippen molar-refractivity contribution in [3.05, 3.63) is 53.9 Å². The standard InChI is InChI=1S/C17H21NO3/c1-3-17(19)16-9-8-15(12-18-16)21-14-6-4-13(5-7-14)10-11-20-2/h4-9,12,17,19H,3,10-11H2,1-2H3/t17-/m1/s1. The third-order valence-electron chi connectivity index (χ3n) is 3.24. The molecule has 0 saturated heterocycles. The highest BCUT2D eigenvalue weighted by molar-refractivity contribution is 5.32. The van der Waals surface area contributed by atoms with Gasteiger partial charge < -0.3 is 14.6 Å². The average Bonchev–Trinajstić information content (AvgIpc) is 2.54. The van der Waals surface area contributed by atoms with Crippen LogP contribution in [0.15, 0.2) is 42.6 Å². The Labute approximate surface area is 125 Å². The van der Waals surface area contributed by atoms with E-state index < -0.39 is 6.10 Å². The molecule has 4 heteroatoms. The minimum absolute atomic E-state index is 0.515. The van der Waals surface area contributed by atoms with Crippen LogP contribution in [0.1, 0.15) is 30.7 Å². The summed E-state index contributed by atoms with van der Waals surface area (Å²) >= 11 is 0. The molecule has 0 aliphatic heterocycles. The number of nitrogens with zero attached hydrogens (tertiary/aromatic N) is 1. The average molecular weight is 287 g/mol. The molecule has 21 heavy (non-hydrogen) atoms. The number of hydrogen-bond donors (Lipinski definition) is 1. The van der Waals surface area contributed by atoms with Crippen LogP contribution >= 0.6 is 0 Å². The maximum Gasteiger partial charge on any atom is 0.145 e. The number of aliphatic hydroxyl groups is 1. The topological polar surface area (TPSA) is 51.6 Å². The first-order valence-corrected chi connectivity index (χ1v) is 7.12. The summed E-state index contributed by atoms with van der Waals surface area (Å²) in [5.74, 6) is 1.42. The highest BCUT2D eigenvalue weighted by Crippen LogP contribution is 2.23. The van der Waals surface area contributed by atoms with E-state index in [0.717, 1.165) is 12.2 Å². The van der Waals surface area contributed by atoms with Gasteiger partial charge in [0.05, 0.1) is 24.6 Å². The summed E-state index contributed by atoms with van der Waals surface area (Å²) in [6.07, 6.45) is 2.66. The number of ether oxygens (including phenoxy) is 2. The molecule has 0 spiro atoms. The molecule has 1 heterocycles. The Morgan fingerprint density at radius 3 is 2.38 bits per heavy atom. The molecule has 1 aromatic heterocycles. The summed E-state index contributed by atoms with van der Waals surface area (Å²) in [4.78, 5) is 4.21. The zero-order valence-corrected chi connectivity index (χ0v) is 12.5. The predicted octanol–water partition coefficient (Wildman–Crippen LogP) is 3.51. The van der Waals surface area contributed by atoms with Crippen molar-refractivity contribution in [3.63, 3.8) is 0 Å². The molecule has 0 radical (unpaired) electrons. The quantitative estimate of drug-likeness (QED) is 0.846. The van der Waals surface area contributed by atoms with Crippen molar-refractivity contribution >= 4 is 0 Å². The zero-order valence-electron chi connectivity index (χ0n) is 12.5. The normalized spacial score (nSPS) is 12.1. The van der Waals surface area contributed by atoms with Crippen LogP contribution in [0.2, 0.25) is 0 Å². The van der Waals surface area contributed by atoms with E-state index in [4.69, 9.17) is 9.47 Å². The van der Waals surface area contributed by atoms with Gasteiger partial charge in [0.15, 0.2) is 0 Å². The van der Waals surface area contributed by atoms with Gasteiger partial charge in [0.25, 0.3) is 0 Å². The lowest BCUT2D eigenvalue weighted by molar-refractivity contribution is 0.169. The molecule has 2 rings (SSSR count). The van der Waals surface area contributed by atoms with E-state index in [0.29, 0.717) is 24.5 Å². The Morgan fingerprint density at radius 2 is 1.81 bits per heavy atom. The van der Waals surface area contributed by atoms with Gasteiger partial charge in [-0.05, 0) is 42.7 Å². The van der Waals surface area contributed by atoms with Gasteiger partial charge in [-0.2, -0.15) is 0 Å². The Balaban J connectivity index is 1.97. The smallest absolute Gasteiger partial charge is 0.145 e. The zero-order chi connectivity index (χ0) is 15.1. The second-order valence-electron chi connectivity index (χ2n) is 4.83. The molecule has 112 valence electrons. The minimum Gasteiger partial charge on any atom is -0.456 e. The van der Waals surface area contributed by atoms with Crippen molar-refractivity contribution in [2.75, 3.05) is 13.7 Å². The minimum atomic E-state index is -0.515. The van der Waals surface area contributed by atoms with Gasteiger partial charge in [0, 0.05) is 7.11 Å². The van der Waals surface area contributed by atoms with Gasteiger partial charge in [-0.1, -0.05) is 19.1 Å². The van der Waals surface area contributed by atoms with Crippen molar-refractivity contribution in [2.45, 2.75) is 25.9 Å². The Bertz CT molecular complexity index is 537. The van der Waals surface area contributed by atoms with Gasteiger partial charge >= 0.3 is 0 Å². The molecule has 0 saturated carbocycles. The molecule has 0 aliphatic rings. The first kappa shape index (κ1) is 15.5. The molecule has 2 aromatic rings. The molecular weight excluding hydrogens is 266 g/mol. The summed E-state index contributed by atoms with van der Waals surface area (Å²) in [5, 5.41) is 9.70. The third-order valence-corrected chi connectivity index (χ3v) is 3.24. The number of methoxy groups -OCH3 is 1. The largest absolute Gasteiger partial charge is 0.456 e. The maximum atomic E-state index is 9.70. The second-order valence-corrected chi connectivity index (χ2v) is 4.83. The van der Waals surface area contributed by atoms with Gasteiger partial charge in [-0.3, -0.25) is 4.98 Å². The number of hydrogen-bond acceptors (Lipinski definition) is 4. The molecule has 1 atom stereocenters. The van der Waals surface area contributed by atoms with Crippen LogP contribution < -0.4 is 4.74 Å². The van der Waals surface area contributed by atoms with Crippen LogP contribution in [0.3, 0.4) is 0 Å². The lowest BCUT2D eigenvalue weighted by Crippen LogP contribution is -1.98. The fourth-order valence-electron chi connectivity index (χ4n) is 1.94. The second kappa shape index (κ2) is 7.76. The molecule has 1 aromatic carbocycles. The summed E-state index contributed by atoms with van der Waals surface area (Å²) < 4.78 is 10.8. The molecule has 1 N–H and O–H groups in total. The molecule has 0 bridgehead atoms. The summed E-state index contributed by atoms with van der Waals surface area (Å²) in [6.45, 7) is 2.63. The predicted molar refractivity (Wildman–Crippen MR) is 81.6 cm³/mol. The number of aliphatic hydroxyl groups excluding tert-OH is 1. The first-order valence-electron chi connectivity index (χ1n) is 7.12. The number of benzene rings is 1. The highest BCUT2D eigenvalue weighted by Gasteiger charge is 2.06. The summed E-state index contributed by atoms with van der Waals surface area (Å²) in [6, 6.07) is 11.5. The molecular formula is C17H21NO3. The van der Waals surface area contributed by atoms with E-state index in [-0.39, 0.29) is 0 Å². The Hall–Kier alpha value is -1.91. The van der Waals surface area contributed by atoms with E-state index in [1.54, 1.807) is 19.4 Å². The fraction of sp³-hybridized carbons (Fsp3) is 0.353. The number of rotatable bonds is 7. The molecule has 0 amide bonds. The van der Waals surface area contributed by atoms with Crippen LogP contribution in [0.25, 0.3) is 0 Å². The third kappa shape index (κ3) is 4.55. The van der Waals surface area contributed by atoms with Gasteiger partial charge in [-0.25, -0.2) is 0 Å². The van der Waals surface area contributed by atoms with Crippen LogP contribution in [0, 0.1) is 0 Å². The van der Waals surface area contributed by atoms with Crippen LogP contribution in [0.5, 0.6) is 11.5 Å². The number of aromatic nitrogens is 1. The van der Waals surface area contributed by atoms with Crippen LogP contribution in [-0.4, -0.2) is 23.8 Å². The van der Waals surface area contributed by atoms with Crippen molar-refractivity contribution in [1.82, 2.24) is 4.98 Å². The van der Waals surface area contributed by atoms with Crippen molar-refractivity contribution in [3.8, 4) is 11.5 Å². The van der Waals surface area contributed by atoms with E-state index in [1.165, 1.54) is 5.56 Å². The van der Waals surface area contributed by atoms with E-state index >= 15 is 0 Å². The lowest BCUT2D eigenvalue weighted by Gasteiger charge is -2.09. The molecule has 0 aliphatic carbocycles. The maximum absolute atomic E-state index is 9.70. The highest BCUT2D eigenvalue weighted by atomic mass is 16.5. The molecule has 0 unspecified atom stereocenters. The lowest BCUT2D eigenvalue weighted by atomic mass is 10.1. The van der Waals surface area contributed by atoms with E-state index in [9.17, 15) is 5.11 Å². The van der Waals surface area contributed by atoms with E-state index in [1.807, 2.05) is 37.3 Å². The fourth-order valence-corrected chi connectivity index (χ4v) is 1.94. The monoisotopic (exact) mass is 287 g/mol. The SMILES string of the molecule is CC[C@@H](O)c1ccc(Oc2ccc(CCOC)cc2)cn1. The first-order chi connectivity index (χ1) is 10.2. The number of pyridine rings is 1. The van der Waals surface area contributed by atoms with Crippen molar-refractivity contribution in [1.29, 1.82) is 0 Å². The van der Waals surface area contributed by atoms with Gasteiger partial charge in [0.1, 0.15) is 11.5 Å². The Morgan fingerprint density at radius 1 is 1.10 bits per heavy atom. The summed E-state index contributed by atoms with van der Waals surface area (Å²) in [7, 11) is 1.70. The van der Waals surface area contributed by atoms with Crippen LogP contribution in [-0.2, 0) is 11.2 Å². The summed E-state index contributed by atoms with van der Waals surface area (Å²) in [5.41, 5.74) is 1.88. The Kier molecular flexibility index (Phi) is 5.72. The van der Waals surface area contributed by atoms with Gasteiger partial charge in [-0.15, -0.1) is 0 Å². The van der Waals surface area contributed by atoms with Crippen molar-refractivity contribution in [2.24, 2.45) is 0 Å². The van der Waals surface area contributed by atoms with E-state index in [2.05, 4.69) is 4.98 Å². The van der Waals surface area contributed by atoms with Crippen LogP contribution in [0.4, 0.5) is 0 Å². The molecule has 4 nitrogen and oxygen atoms in total. The van der Waals surface area contributed by atoms with Crippen molar-refractivity contribution < 1.29 is 14.6 Å². The molecule has 0 fully saturated rings. The van der Waals surface area contributed by atoms with Gasteiger partial charge in [0.2, 0.25) is 0 Å².